The Labute approximate surface area is 140 Å². The van der Waals surface area contributed by atoms with Gasteiger partial charge in [-0.15, -0.1) is 0 Å². The van der Waals surface area contributed by atoms with Crippen molar-refractivity contribution in [3.8, 4) is 0 Å². The second-order valence-corrected chi connectivity index (χ2v) is 6.07. The van der Waals surface area contributed by atoms with E-state index in [4.69, 9.17) is 0 Å². The number of alkyl halides is 3. The van der Waals surface area contributed by atoms with Gasteiger partial charge in [0.25, 0.3) is 5.91 Å². The molecule has 0 saturated heterocycles. The van der Waals surface area contributed by atoms with Gasteiger partial charge in [0, 0.05) is 22.7 Å². The molecule has 2 rings (SSSR count). The van der Waals surface area contributed by atoms with E-state index in [2.05, 4.69) is 22.6 Å². The molecule has 0 aliphatic rings. The van der Waals surface area contributed by atoms with Crippen LogP contribution in [0.2, 0.25) is 0 Å². The van der Waals surface area contributed by atoms with Crippen LogP contribution in [-0.4, -0.2) is 17.9 Å². The van der Waals surface area contributed by atoms with Crippen LogP contribution in [0.15, 0.2) is 48.5 Å². The summed E-state index contributed by atoms with van der Waals surface area (Å²) in [4.78, 5) is 13.5. The molecule has 0 aliphatic heterocycles. The van der Waals surface area contributed by atoms with E-state index in [1.807, 2.05) is 0 Å². The summed E-state index contributed by atoms with van der Waals surface area (Å²) in [5.41, 5.74) is -0.180. The summed E-state index contributed by atoms with van der Waals surface area (Å²) in [6.45, 7) is -0.0967. The van der Waals surface area contributed by atoms with Crippen LogP contribution >= 0.6 is 22.6 Å². The van der Waals surface area contributed by atoms with Crippen LogP contribution in [0.4, 0.5) is 13.2 Å². The molecule has 0 heterocycles. The van der Waals surface area contributed by atoms with E-state index < -0.39 is 11.7 Å². The summed E-state index contributed by atoms with van der Waals surface area (Å²) in [5.74, 6) is -0.312. The molecule has 0 aliphatic carbocycles. The van der Waals surface area contributed by atoms with Crippen LogP contribution in [0.1, 0.15) is 21.5 Å². The van der Waals surface area contributed by atoms with Gasteiger partial charge in [-0.3, -0.25) is 4.79 Å². The van der Waals surface area contributed by atoms with Crippen molar-refractivity contribution in [3.63, 3.8) is 0 Å². The molecule has 0 spiro atoms. The molecule has 116 valence electrons. The lowest BCUT2D eigenvalue weighted by molar-refractivity contribution is -0.138. The number of hydrogen-bond donors (Lipinski definition) is 0. The minimum Gasteiger partial charge on any atom is -0.337 e. The Morgan fingerprint density at radius 2 is 1.68 bits per heavy atom. The Kier molecular flexibility index (Phi) is 5.10. The van der Waals surface area contributed by atoms with Crippen molar-refractivity contribution in [2.75, 3.05) is 7.05 Å². The van der Waals surface area contributed by atoms with Gasteiger partial charge >= 0.3 is 6.18 Å². The molecule has 2 aromatic rings. The fourth-order valence-corrected chi connectivity index (χ4v) is 2.43. The number of halogens is 4. The highest BCUT2D eigenvalue weighted by Crippen LogP contribution is 2.32. The summed E-state index contributed by atoms with van der Waals surface area (Å²) < 4.78 is 39.9. The highest BCUT2D eigenvalue weighted by Gasteiger charge is 2.33. The van der Waals surface area contributed by atoms with Gasteiger partial charge in [0.2, 0.25) is 0 Å². The van der Waals surface area contributed by atoms with Crippen LogP contribution in [-0.2, 0) is 12.7 Å². The number of rotatable bonds is 3. The van der Waals surface area contributed by atoms with E-state index in [-0.39, 0.29) is 18.0 Å². The summed E-state index contributed by atoms with van der Waals surface area (Å²) in [5, 5.41) is 0. The maximum Gasteiger partial charge on any atom is 0.416 e. The first kappa shape index (κ1) is 16.8. The number of carbonyl (C=O) groups excluding carboxylic acids is 1. The van der Waals surface area contributed by atoms with Gasteiger partial charge in [0.15, 0.2) is 0 Å². The quantitative estimate of drug-likeness (QED) is 0.668. The van der Waals surface area contributed by atoms with E-state index in [0.29, 0.717) is 5.56 Å². The zero-order valence-electron chi connectivity index (χ0n) is 11.7. The molecule has 0 bridgehead atoms. The average molecular weight is 419 g/mol. The third-order valence-electron chi connectivity index (χ3n) is 3.17. The summed E-state index contributed by atoms with van der Waals surface area (Å²) >= 11 is 2.12. The van der Waals surface area contributed by atoms with E-state index in [1.165, 1.54) is 30.1 Å². The van der Waals surface area contributed by atoms with Gasteiger partial charge in [0.1, 0.15) is 0 Å². The molecule has 0 unspecified atom stereocenters. The van der Waals surface area contributed by atoms with Gasteiger partial charge in [0.05, 0.1) is 5.56 Å². The molecular formula is C16H13F3INO. The molecule has 0 atom stereocenters. The fraction of sp³-hybridized carbons (Fsp3) is 0.188. The Morgan fingerprint density at radius 1 is 1.09 bits per heavy atom. The van der Waals surface area contributed by atoms with Gasteiger partial charge < -0.3 is 4.90 Å². The minimum absolute atomic E-state index is 0.0800. The number of hydrogen-bond acceptors (Lipinski definition) is 1. The lowest BCUT2D eigenvalue weighted by Crippen LogP contribution is -2.27. The van der Waals surface area contributed by atoms with Crippen molar-refractivity contribution >= 4 is 28.5 Å². The first-order chi connectivity index (χ1) is 10.3. The van der Waals surface area contributed by atoms with Gasteiger partial charge in [-0.1, -0.05) is 18.2 Å². The lowest BCUT2D eigenvalue weighted by atomic mass is 10.1. The predicted octanol–water partition coefficient (Wildman–Crippen LogP) is 4.58. The lowest BCUT2D eigenvalue weighted by Gasteiger charge is -2.20. The third-order valence-corrected chi connectivity index (χ3v) is 3.89. The average Bonchev–Trinajstić information content (AvgIpc) is 2.46. The van der Waals surface area contributed by atoms with Crippen LogP contribution in [0.5, 0.6) is 0 Å². The number of carbonyl (C=O) groups is 1. The Morgan fingerprint density at radius 3 is 2.27 bits per heavy atom. The molecule has 2 nitrogen and oxygen atoms in total. The zero-order valence-corrected chi connectivity index (χ0v) is 13.9. The first-order valence-corrected chi connectivity index (χ1v) is 7.53. The molecule has 0 aromatic heterocycles. The maximum atomic E-state index is 13.0. The maximum absolute atomic E-state index is 13.0. The topological polar surface area (TPSA) is 20.3 Å². The fourth-order valence-electron chi connectivity index (χ4n) is 2.07. The third kappa shape index (κ3) is 4.00. The molecule has 0 radical (unpaired) electrons. The summed E-state index contributed by atoms with van der Waals surface area (Å²) in [6.07, 6.45) is -4.43. The molecule has 0 fully saturated rings. The highest BCUT2D eigenvalue weighted by molar-refractivity contribution is 14.1. The second kappa shape index (κ2) is 6.68. The minimum atomic E-state index is -4.43. The normalized spacial score (nSPS) is 11.3. The summed E-state index contributed by atoms with van der Waals surface area (Å²) in [6, 6.07) is 12.2. The second-order valence-electron chi connectivity index (χ2n) is 4.82. The zero-order chi connectivity index (χ0) is 16.3. The molecule has 6 heteroatoms. The van der Waals surface area contributed by atoms with Crippen molar-refractivity contribution in [2.45, 2.75) is 12.7 Å². The van der Waals surface area contributed by atoms with Gasteiger partial charge in [-0.05, 0) is 58.5 Å². The molecule has 22 heavy (non-hydrogen) atoms. The van der Waals surface area contributed by atoms with Crippen molar-refractivity contribution < 1.29 is 18.0 Å². The van der Waals surface area contributed by atoms with Crippen LogP contribution in [0.3, 0.4) is 0 Å². The van der Waals surface area contributed by atoms with Crippen molar-refractivity contribution in [1.82, 2.24) is 4.90 Å². The predicted molar refractivity (Wildman–Crippen MR) is 86.4 cm³/mol. The van der Waals surface area contributed by atoms with Crippen molar-refractivity contribution in [1.29, 1.82) is 0 Å². The smallest absolute Gasteiger partial charge is 0.337 e. The van der Waals surface area contributed by atoms with E-state index in [9.17, 15) is 18.0 Å². The van der Waals surface area contributed by atoms with Crippen molar-refractivity contribution in [2.24, 2.45) is 0 Å². The Balaban J connectivity index is 2.20. The number of nitrogens with zero attached hydrogens (tertiary/aromatic N) is 1. The molecule has 0 saturated carbocycles. The number of amides is 1. The van der Waals surface area contributed by atoms with E-state index in [1.54, 1.807) is 24.3 Å². The largest absolute Gasteiger partial charge is 0.416 e. The van der Waals surface area contributed by atoms with Crippen molar-refractivity contribution in [3.05, 3.63) is 68.8 Å². The Hall–Kier alpha value is -1.57. The standard InChI is InChI=1S/C16H13F3INO/c1-21(15(22)11-6-8-13(20)9-7-11)10-12-4-2-3-5-14(12)16(17,18)19/h2-9H,10H2,1H3. The SMILES string of the molecule is CN(Cc1ccccc1C(F)(F)F)C(=O)c1ccc(I)cc1. The Bertz CT molecular complexity index is 668. The van der Waals surface area contributed by atoms with E-state index >= 15 is 0 Å². The monoisotopic (exact) mass is 419 g/mol. The van der Waals surface area contributed by atoms with Crippen LogP contribution < -0.4 is 0 Å². The highest BCUT2D eigenvalue weighted by atomic mass is 127. The van der Waals surface area contributed by atoms with Crippen LogP contribution in [0, 0.1) is 3.57 Å². The molecule has 0 N–H and O–H groups in total. The summed E-state index contributed by atoms with van der Waals surface area (Å²) in [7, 11) is 1.49. The van der Waals surface area contributed by atoms with Crippen LogP contribution in [0.25, 0.3) is 0 Å². The molecular weight excluding hydrogens is 406 g/mol. The molecule has 2 aromatic carbocycles. The first-order valence-electron chi connectivity index (χ1n) is 6.45. The number of benzene rings is 2. The molecule has 1 amide bonds. The van der Waals surface area contributed by atoms with Gasteiger partial charge in [-0.2, -0.15) is 13.2 Å². The van der Waals surface area contributed by atoms with E-state index in [0.717, 1.165) is 9.64 Å². The van der Waals surface area contributed by atoms with Gasteiger partial charge in [-0.25, -0.2) is 0 Å².